The van der Waals surface area contributed by atoms with Crippen molar-refractivity contribution in [3.8, 4) is 33.4 Å². The first-order valence-electron chi connectivity index (χ1n) is 17.1. The number of benzene rings is 9. The molecule has 10 rings (SSSR count). The average molecular weight is 621 g/mol. The summed E-state index contributed by atoms with van der Waals surface area (Å²) in [5.41, 5.74) is 12.3. The van der Waals surface area contributed by atoms with E-state index in [2.05, 4.69) is 194 Å². The molecule has 0 heterocycles. The lowest BCUT2D eigenvalue weighted by atomic mass is 9.66. The Morgan fingerprint density at radius 3 is 1.53 bits per heavy atom. The monoisotopic (exact) mass is 620 g/mol. The average Bonchev–Trinajstić information content (AvgIpc) is 3.50. The molecule has 0 amide bonds. The molecule has 1 aliphatic rings. The topological polar surface area (TPSA) is 0 Å². The van der Waals surface area contributed by atoms with E-state index in [4.69, 9.17) is 0 Å². The molecule has 1 aliphatic carbocycles. The van der Waals surface area contributed by atoms with Crippen molar-refractivity contribution in [2.24, 2.45) is 0 Å². The van der Waals surface area contributed by atoms with Crippen molar-refractivity contribution in [3.05, 3.63) is 216 Å². The minimum absolute atomic E-state index is 0.527. The Balaban J connectivity index is 1.35. The maximum Gasteiger partial charge on any atom is 0.0720 e. The molecule has 0 N–H and O–H groups in total. The highest BCUT2D eigenvalue weighted by Crippen LogP contribution is 2.60. The highest BCUT2D eigenvalue weighted by atomic mass is 14.5. The van der Waals surface area contributed by atoms with Crippen molar-refractivity contribution in [3.63, 3.8) is 0 Å². The van der Waals surface area contributed by atoms with Gasteiger partial charge in [0.15, 0.2) is 0 Å². The number of hydrogen-bond acceptors (Lipinski definition) is 0. The van der Waals surface area contributed by atoms with Crippen LogP contribution in [0.25, 0.3) is 65.7 Å². The molecule has 0 aliphatic heterocycles. The van der Waals surface area contributed by atoms with Crippen molar-refractivity contribution >= 4 is 32.3 Å². The fourth-order valence-electron chi connectivity index (χ4n) is 8.76. The molecular weight excluding hydrogens is 589 g/mol. The number of rotatable bonds is 4. The zero-order chi connectivity index (χ0) is 32.4. The van der Waals surface area contributed by atoms with E-state index in [9.17, 15) is 0 Å². The van der Waals surface area contributed by atoms with Gasteiger partial charge in [0.1, 0.15) is 0 Å². The summed E-state index contributed by atoms with van der Waals surface area (Å²) in [6, 6.07) is 71.9. The molecule has 228 valence electrons. The third kappa shape index (κ3) is 3.98. The Bertz CT molecular complexity index is 2660. The van der Waals surface area contributed by atoms with Gasteiger partial charge in [0.05, 0.1) is 5.41 Å². The van der Waals surface area contributed by atoms with Gasteiger partial charge in [0.2, 0.25) is 0 Å². The minimum Gasteiger partial charge on any atom is -0.0622 e. The fraction of sp³-hybridized carbons (Fsp3) is 0.0204. The van der Waals surface area contributed by atoms with E-state index in [0.717, 1.165) is 0 Å². The molecule has 0 fully saturated rings. The van der Waals surface area contributed by atoms with Crippen LogP contribution in [0.1, 0.15) is 22.3 Å². The Hall–Kier alpha value is -6.24. The molecule has 0 nitrogen and oxygen atoms in total. The van der Waals surface area contributed by atoms with E-state index < -0.39 is 5.41 Å². The predicted molar refractivity (Wildman–Crippen MR) is 207 cm³/mol. The molecule has 0 atom stereocenters. The van der Waals surface area contributed by atoms with Gasteiger partial charge in [-0.2, -0.15) is 0 Å². The second kappa shape index (κ2) is 10.9. The van der Waals surface area contributed by atoms with Gasteiger partial charge < -0.3 is 0 Å². The highest BCUT2D eigenvalue weighted by Gasteiger charge is 2.48. The summed E-state index contributed by atoms with van der Waals surface area (Å²) in [4.78, 5) is 0. The molecular formula is C49H32. The van der Waals surface area contributed by atoms with Crippen LogP contribution in [0.4, 0.5) is 0 Å². The molecule has 0 spiro atoms. The van der Waals surface area contributed by atoms with Crippen LogP contribution in [0.3, 0.4) is 0 Å². The van der Waals surface area contributed by atoms with Crippen LogP contribution in [-0.4, -0.2) is 0 Å². The molecule has 0 saturated heterocycles. The Labute approximate surface area is 286 Å². The van der Waals surface area contributed by atoms with E-state index in [-0.39, 0.29) is 0 Å². The molecule has 0 unspecified atom stereocenters. The van der Waals surface area contributed by atoms with E-state index in [1.807, 2.05) is 0 Å². The van der Waals surface area contributed by atoms with Gasteiger partial charge in [-0.25, -0.2) is 0 Å². The summed E-state index contributed by atoms with van der Waals surface area (Å²) < 4.78 is 0. The zero-order valence-corrected chi connectivity index (χ0v) is 27.0. The van der Waals surface area contributed by atoms with E-state index in [0.29, 0.717) is 0 Å². The molecule has 0 heteroatoms. The van der Waals surface area contributed by atoms with Gasteiger partial charge in [-0.05, 0) is 94.0 Å². The quantitative estimate of drug-likeness (QED) is 0.172. The van der Waals surface area contributed by atoms with Crippen molar-refractivity contribution in [1.82, 2.24) is 0 Å². The van der Waals surface area contributed by atoms with E-state index >= 15 is 0 Å². The number of hydrogen-bond donors (Lipinski definition) is 0. The lowest BCUT2D eigenvalue weighted by Crippen LogP contribution is -2.29. The summed E-state index contributed by atoms with van der Waals surface area (Å²) in [6.45, 7) is 0. The minimum atomic E-state index is -0.527. The first-order chi connectivity index (χ1) is 24.3. The van der Waals surface area contributed by atoms with Crippen molar-refractivity contribution in [2.75, 3.05) is 0 Å². The lowest BCUT2D eigenvalue weighted by molar-refractivity contribution is 0.776. The van der Waals surface area contributed by atoms with Crippen LogP contribution < -0.4 is 0 Å². The molecule has 0 bridgehead atoms. The maximum atomic E-state index is 2.50. The summed E-state index contributed by atoms with van der Waals surface area (Å²) >= 11 is 0. The summed E-state index contributed by atoms with van der Waals surface area (Å²) in [5.74, 6) is 0. The van der Waals surface area contributed by atoms with Gasteiger partial charge >= 0.3 is 0 Å². The van der Waals surface area contributed by atoms with Crippen molar-refractivity contribution in [1.29, 1.82) is 0 Å². The van der Waals surface area contributed by atoms with Crippen LogP contribution in [0.2, 0.25) is 0 Å². The standard InChI is InChI=1S/C49H32/c1-3-18-35(19-4-1)49(36-20-5-2-6-21-36)46-32-34(38-23-9-10-24-39(38)40-29-15-17-33-16-7-8-22-37(33)40)30-31-45(46)47-43-27-13-11-25-41(43)42-26-12-14-28-44(42)48(47)49/h1-32H. The zero-order valence-electron chi connectivity index (χ0n) is 27.0. The van der Waals surface area contributed by atoms with Crippen LogP contribution >= 0.6 is 0 Å². The summed E-state index contributed by atoms with van der Waals surface area (Å²) in [7, 11) is 0. The molecule has 9 aromatic carbocycles. The smallest absolute Gasteiger partial charge is 0.0622 e. The second-order valence-corrected chi connectivity index (χ2v) is 13.2. The molecule has 0 aromatic heterocycles. The van der Waals surface area contributed by atoms with E-state index in [1.54, 1.807) is 0 Å². The van der Waals surface area contributed by atoms with Crippen molar-refractivity contribution < 1.29 is 0 Å². The largest absolute Gasteiger partial charge is 0.0720 e. The van der Waals surface area contributed by atoms with Gasteiger partial charge in [-0.3, -0.25) is 0 Å². The summed E-state index contributed by atoms with van der Waals surface area (Å²) in [6.07, 6.45) is 0. The van der Waals surface area contributed by atoms with Gasteiger partial charge in [-0.1, -0.05) is 188 Å². The molecule has 9 aromatic rings. The second-order valence-electron chi connectivity index (χ2n) is 13.2. The number of fused-ring (bicyclic) bond motifs is 9. The molecule has 49 heavy (non-hydrogen) atoms. The van der Waals surface area contributed by atoms with Crippen LogP contribution in [0.15, 0.2) is 194 Å². The fourth-order valence-corrected chi connectivity index (χ4v) is 8.76. The first-order valence-corrected chi connectivity index (χ1v) is 17.1. The van der Waals surface area contributed by atoms with Crippen molar-refractivity contribution in [2.45, 2.75) is 5.41 Å². The van der Waals surface area contributed by atoms with Gasteiger partial charge in [0.25, 0.3) is 0 Å². The Kier molecular flexibility index (Phi) is 6.19. The van der Waals surface area contributed by atoms with Crippen LogP contribution in [0, 0.1) is 0 Å². The molecule has 0 saturated carbocycles. The van der Waals surface area contributed by atoms with E-state index in [1.165, 1.54) is 88.0 Å². The summed E-state index contributed by atoms with van der Waals surface area (Å²) in [5, 5.41) is 7.72. The molecule has 0 radical (unpaired) electrons. The normalized spacial score (nSPS) is 13.1. The van der Waals surface area contributed by atoms with Crippen LogP contribution in [0.5, 0.6) is 0 Å². The third-order valence-electron chi connectivity index (χ3n) is 10.7. The SMILES string of the molecule is c1ccc(C2(c3ccccc3)c3cc(-c4ccccc4-c4cccc5ccccc45)ccc3-c3c2c2ccccc2c2ccccc32)cc1. The first kappa shape index (κ1) is 27.8. The van der Waals surface area contributed by atoms with Gasteiger partial charge in [0, 0.05) is 0 Å². The predicted octanol–water partition coefficient (Wildman–Crippen LogP) is 12.8. The Morgan fingerprint density at radius 2 is 0.816 bits per heavy atom. The van der Waals surface area contributed by atoms with Gasteiger partial charge in [-0.15, -0.1) is 0 Å². The maximum absolute atomic E-state index is 2.50. The lowest BCUT2D eigenvalue weighted by Gasteiger charge is -2.35. The Morgan fingerprint density at radius 1 is 0.306 bits per heavy atom. The third-order valence-corrected chi connectivity index (χ3v) is 10.7. The van der Waals surface area contributed by atoms with Crippen LogP contribution in [-0.2, 0) is 5.41 Å². The highest BCUT2D eigenvalue weighted by molar-refractivity contribution is 6.19.